The number of rotatable bonds is 7. The van der Waals surface area contributed by atoms with E-state index in [1.807, 2.05) is 83.8 Å². The average molecular weight is 572 g/mol. The molecule has 1 N–H and O–H groups in total. The third-order valence-electron chi connectivity index (χ3n) is 9.13. The smallest absolute Gasteiger partial charge is 0.247 e. The molecule has 4 heterocycles. The maximum absolute atomic E-state index is 14.7. The monoisotopic (exact) mass is 571 g/mol. The van der Waals surface area contributed by atoms with E-state index in [0.717, 1.165) is 24.1 Å². The second-order valence-electron chi connectivity index (χ2n) is 11.4. The Morgan fingerprint density at radius 2 is 1.66 bits per heavy atom. The summed E-state index contributed by atoms with van der Waals surface area (Å²) in [5, 5.41) is 10.5. The van der Waals surface area contributed by atoms with Gasteiger partial charge in [0.05, 0.1) is 29.2 Å². The molecular formula is C33H37N3O4S. The molecule has 1 spiro atoms. The van der Waals surface area contributed by atoms with E-state index in [4.69, 9.17) is 0 Å². The zero-order valence-corrected chi connectivity index (χ0v) is 24.3. The van der Waals surface area contributed by atoms with Crippen LogP contribution in [0.15, 0.2) is 85.0 Å². The number of benzene rings is 2. The summed E-state index contributed by atoms with van der Waals surface area (Å²) in [5.41, 5.74) is 1.56. The second-order valence-corrected chi connectivity index (χ2v) is 12.9. The van der Waals surface area contributed by atoms with Crippen molar-refractivity contribution in [2.24, 2.45) is 11.8 Å². The Kier molecular flexibility index (Phi) is 7.55. The molecule has 0 aromatic heterocycles. The molecule has 2 aromatic rings. The number of hydrogen-bond donors (Lipinski definition) is 1. The lowest BCUT2D eigenvalue weighted by Gasteiger charge is -2.40. The summed E-state index contributed by atoms with van der Waals surface area (Å²) in [4.78, 5) is 49.0. The van der Waals surface area contributed by atoms with Crippen molar-refractivity contribution in [3.63, 3.8) is 0 Å². The normalized spacial score (nSPS) is 30.5. The van der Waals surface area contributed by atoms with Crippen molar-refractivity contribution >= 4 is 35.2 Å². The van der Waals surface area contributed by atoms with Gasteiger partial charge in [-0.1, -0.05) is 86.2 Å². The first-order valence-corrected chi connectivity index (χ1v) is 15.5. The molecule has 2 unspecified atom stereocenters. The van der Waals surface area contributed by atoms with Gasteiger partial charge in [0.2, 0.25) is 17.7 Å². The summed E-state index contributed by atoms with van der Waals surface area (Å²) in [5.74, 6) is -1.82. The molecule has 2 aromatic carbocycles. The number of hydrogen-bond acceptors (Lipinski definition) is 5. The van der Waals surface area contributed by atoms with E-state index in [1.165, 1.54) is 0 Å². The van der Waals surface area contributed by atoms with Crippen molar-refractivity contribution in [2.45, 2.75) is 54.8 Å². The minimum absolute atomic E-state index is 0.000385. The van der Waals surface area contributed by atoms with Crippen LogP contribution in [0.3, 0.4) is 0 Å². The number of likely N-dealkylation sites (tertiary alicyclic amines) is 1. The first kappa shape index (κ1) is 27.8. The number of para-hydroxylation sites is 1. The molecule has 3 amide bonds. The zero-order valence-electron chi connectivity index (χ0n) is 23.5. The van der Waals surface area contributed by atoms with Crippen LogP contribution < -0.4 is 4.90 Å². The van der Waals surface area contributed by atoms with Gasteiger partial charge in [0.1, 0.15) is 6.04 Å². The zero-order chi connectivity index (χ0) is 28.7. The summed E-state index contributed by atoms with van der Waals surface area (Å²) in [7, 11) is 0. The number of anilines is 1. The number of carbonyl (C=O) groups excluding carboxylic acids is 3. The highest BCUT2D eigenvalue weighted by Gasteiger charge is 2.72. The van der Waals surface area contributed by atoms with Crippen molar-refractivity contribution in [1.82, 2.24) is 9.80 Å². The van der Waals surface area contributed by atoms with Gasteiger partial charge in [-0.05, 0) is 31.0 Å². The van der Waals surface area contributed by atoms with Crippen molar-refractivity contribution in [1.29, 1.82) is 0 Å². The number of aliphatic hydroxyl groups is 1. The lowest BCUT2D eigenvalue weighted by molar-refractivity contribution is -0.146. The van der Waals surface area contributed by atoms with E-state index in [-0.39, 0.29) is 35.6 Å². The van der Waals surface area contributed by atoms with Gasteiger partial charge in [0, 0.05) is 30.1 Å². The van der Waals surface area contributed by atoms with Crippen molar-refractivity contribution in [2.75, 3.05) is 24.6 Å². The second kappa shape index (κ2) is 11.1. The van der Waals surface area contributed by atoms with E-state index >= 15 is 0 Å². The lowest BCUT2D eigenvalue weighted by Crippen LogP contribution is -2.55. The fourth-order valence-electron chi connectivity index (χ4n) is 7.27. The van der Waals surface area contributed by atoms with E-state index in [9.17, 15) is 19.5 Å². The summed E-state index contributed by atoms with van der Waals surface area (Å²) < 4.78 is -0.925. The lowest BCUT2D eigenvalue weighted by atomic mass is 9.78. The molecule has 2 fully saturated rings. The number of nitrogens with zero attached hydrogens (tertiary/aromatic N) is 3. The standard InChI is InChI=1S/C33H37N3O4S/c1-3-12-22(2)34-20-11-18-33-28(27-26(41-33)17-10-19-35(30(27)38)24-15-8-5-9-16-24)31(39)36(29(33)32(34)40)25(21-37)23-13-6-4-7-14-23/h4-11,13-18,22,25-29,37H,3,12,19-21H2,1-2H3/t22?,25-,26-,27+,28+,29?,33+/m1/s1. The van der Waals surface area contributed by atoms with E-state index in [1.54, 1.807) is 21.6 Å². The van der Waals surface area contributed by atoms with Gasteiger partial charge in [-0.25, -0.2) is 0 Å². The summed E-state index contributed by atoms with van der Waals surface area (Å²) in [6, 6.07) is 17.4. The van der Waals surface area contributed by atoms with Crippen molar-refractivity contribution in [3.8, 4) is 0 Å². The first-order chi connectivity index (χ1) is 19.9. The Balaban J connectivity index is 1.48. The molecule has 0 saturated carbocycles. The highest BCUT2D eigenvalue weighted by atomic mass is 32.2. The molecular weight excluding hydrogens is 534 g/mol. The SMILES string of the molecule is CCCC(C)N1CC=C[C@]23S[C@@H]4C=CCN(c5ccccc5)C(=O)[C@@H]4[C@H]2C(=O)N([C@H](CO)c2ccccc2)C3C1=O. The van der Waals surface area contributed by atoms with Gasteiger partial charge in [-0.2, -0.15) is 0 Å². The maximum atomic E-state index is 14.7. The topological polar surface area (TPSA) is 81.2 Å². The summed E-state index contributed by atoms with van der Waals surface area (Å²) in [6.45, 7) is 4.73. The third kappa shape index (κ3) is 4.43. The van der Waals surface area contributed by atoms with Crippen LogP contribution in [0, 0.1) is 11.8 Å². The Morgan fingerprint density at radius 3 is 2.34 bits per heavy atom. The van der Waals surface area contributed by atoms with Crippen LogP contribution in [0.4, 0.5) is 5.69 Å². The molecule has 214 valence electrons. The van der Waals surface area contributed by atoms with Crippen LogP contribution >= 0.6 is 11.8 Å². The number of aliphatic hydroxyl groups excluding tert-OH is 1. The molecule has 0 radical (unpaired) electrons. The first-order valence-electron chi connectivity index (χ1n) is 14.6. The fraction of sp³-hybridized carbons (Fsp3) is 0.424. The predicted molar refractivity (Wildman–Crippen MR) is 161 cm³/mol. The Labute approximate surface area is 245 Å². The Morgan fingerprint density at radius 1 is 0.951 bits per heavy atom. The van der Waals surface area contributed by atoms with Gasteiger partial charge in [-0.15, -0.1) is 11.8 Å². The van der Waals surface area contributed by atoms with Gasteiger partial charge in [0.25, 0.3) is 0 Å². The van der Waals surface area contributed by atoms with Crippen LogP contribution in [0.2, 0.25) is 0 Å². The Hall–Kier alpha value is -3.36. The van der Waals surface area contributed by atoms with Crippen LogP contribution in [-0.4, -0.2) is 74.4 Å². The van der Waals surface area contributed by atoms with Crippen LogP contribution in [0.25, 0.3) is 0 Å². The van der Waals surface area contributed by atoms with Crippen molar-refractivity contribution < 1.29 is 19.5 Å². The molecule has 8 heteroatoms. The number of amides is 3. The van der Waals surface area contributed by atoms with E-state index in [2.05, 4.69) is 19.9 Å². The number of fused-ring (bicyclic) bond motifs is 2. The molecule has 4 aliphatic heterocycles. The minimum atomic E-state index is -0.925. The maximum Gasteiger partial charge on any atom is 0.247 e. The molecule has 7 nitrogen and oxygen atoms in total. The largest absolute Gasteiger partial charge is 0.394 e. The van der Waals surface area contributed by atoms with E-state index < -0.39 is 28.7 Å². The van der Waals surface area contributed by atoms with Crippen LogP contribution in [-0.2, 0) is 14.4 Å². The van der Waals surface area contributed by atoms with Gasteiger partial charge in [-0.3, -0.25) is 14.4 Å². The van der Waals surface area contributed by atoms with Gasteiger partial charge >= 0.3 is 0 Å². The highest BCUT2D eigenvalue weighted by Crippen LogP contribution is 2.62. The van der Waals surface area contributed by atoms with E-state index in [0.29, 0.717) is 13.1 Å². The third-order valence-corrected chi connectivity index (χ3v) is 10.9. The summed E-state index contributed by atoms with van der Waals surface area (Å²) >= 11 is 1.57. The molecule has 6 rings (SSSR count). The minimum Gasteiger partial charge on any atom is -0.394 e. The molecule has 0 aliphatic carbocycles. The molecule has 0 bridgehead atoms. The molecule has 4 aliphatic rings. The van der Waals surface area contributed by atoms with Gasteiger partial charge < -0.3 is 19.8 Å². The molecule has 2 saturated heterocycles. The van der Waals surface area contributed by atoms with Crippen LogP contribution in [0.5, 0.6) is 0 Å². The van der Waals surface area contributed by atoms with Crippen molar-refractivity contribution in [3.05, 3.63) is 90.5 Å². The Bertz CT molecular complexity index is 1370. The summed E-state index contributed by atoms with van der Waals surface area (Å²) in [6.07, 6.45) is 9.92. The fourth-order valence-corrected chi connectivity index (χ4v) is 9.26. The molecule has 7 atom stereocenters. The molecule has 41 heavy (non-hydrogen) atoms. The number of carbonyl (C=O) groups is 3. The predicted octanol–water partition coefficient (Wildman–Crippen LogP) is 4.21. The quantitative estimate of drug-likeness (QED) is 0.504. The number of thioether (sulfide) groups is 1. The van der Waals surface area contributed by atoms with Gasteiger partial charge in [0.15, 0.2) is 0 Å². The average Bonchev–Trinajstić information content (AvgIpc) is 3.30. The van der Waals surface area contributed by atoms with Crippen LogP contribution in [0.1, 0.15) is 38.3 Å². The highest BCUT2D eigenvalue weighted by molar-refractivity contribution is 8.02.